The Balaban J connectivity index is 1.62. The van der Waals surface area contributed by atoms with Crippen molar-refractivity contribution in [1.82, 2.24) is 0 Å². The molecule has 30 heavy (non-hydrogen) atoms. The number of amides is 1. The molecule has 0 spiro atoms. The summed E-state index contributed by atoms with van der Waals surface area (Å²) in [6.07, 6.45) is 1.39. The summed E-state index contributed by atoms with van der Waals surface area (Å²) in [7, 11) is -3.75. The molecule has 1 amide bonds. The van der Waals surface area contributed by atoms with E-state index in [-0.39, 0.29) is 10.8 Å². The lowest BCUT2D eigenvalue weighted by Gasteiger charge is -2.30. The van der Waals surface area contributed by atoms with Gasteiger partial charge in [0.2, 0.25) is 0 Å². The number of sulfonamides is 1. The third kappa shape index (κ3) is 4.07. The first-order valence-electron chi connectivity index (χ1n) is 9.63. The summed E-state index contributed by atoms with van der Waals surface area (Å²) in [4.78, 5) is 14.7. The van der Waals surface area contributed by atoms with Gasteiger partial charge in [0.05, 0.1) is 4.90 Å². The van der Waals surface area contributed by atoms with Gasteiger partial charge in [0.25, 0.3) is 15.9 Å². The van der Waals surface area contributed by atoms with Crippen LogP contribution >= 0.6 is 0 Å². The summed E-state index contributed by atoms with van der Waals surface area (Å²) < 4.78 is 41.4. The Labute approximate surface area is 175 Å². The lowest BCUT2D eigenvalue weighted by molar-refractivity contribution is 0.0985. The molecule has 3 aromatic rings. The molecule has 1 aliphatic rings. The summed E-state index contributed by atoms with van der Waals surface area (Å²) in [5.74, 6) is -0.633. The number of fused-ring (bicyclic) bond motifs is 1. The molecule has 0 bridgehead atoms. The number of halogens is 1. The third-order valence-corrected chi connectivity index (χ3v) is 6.50. The molecule has 4 rings (SSSR count). The number of hydrogen-bond acceptors (Lipinski definition) is 3. The third-order valence-electron chi connectivity index (χ3n) is 5.12. The highest BCUT2D eigenvalue weighted by atomic mass is 32.2. The molecule has 3 aromatic carbocycles. The first-order valence-corrected chi connectivity index (χ1v) is 11.1. The average molecular weight is 424 g/mol. The van der Waals surface area contributed by atoms with E-state index in [9.17, 15) is 17.6 Å². The molecule has 0 aliphatic carbocycles. The van der Waals surface area contributed by atoms with Crippen LogP contribution in [-0.2, 0) is 16.4 Å². The highest BCUT2D eigenvalue weighted by molar-refractivity contribution is 7.92. The predicted octanol–water partition coefficient (Wildman–Crippen LogP) is 4.53. The first-order chi connectivity index (χ1) is 14.3. The van der Waals surface area contributed by atoms with E-state index in [1.807, 2.05) is 19.1 Å². The minimum Gasteiger partial charge on any atom is -0.308 e. The van der Waals surface area contributed by atoms with Crippen LogP contribution in [0.3, 0.4) is 0 Å². The minimum atomic E-state index is -3.75. The van der Waals surface area contributed by atoms with Crippen LogP contribution in [0.4, 0.5) is 15.8 Å². The van der Waals surface area contributed by atoms with Gasteiger partial charge in [0.15, 0.2) is 0 Å². The lowest BCUT2D eigenvalue weighted by atomic mass is 10.0. The maximum atomic E-state index is 13.2. The molecule has 0 radical (unpaired) electrons. The largest absolute Gasteiger partial charge is 0.308 e. The summed E-state index contributed by atoms with van der Waals surface area (Å²) in [5, 5.41) is 0. The van der Waals surface area contributed by atoms with E-state index < -0.39 is 15.8 Å². The van der Waals surface area contributed by atoms with Crippen molar-refractivity contribution >= 4 is 27.3 Å². The lowest BCUT2D eigenvalue weighted by Crippen LogP contribution is -2.35. The summed E-state index contributed by atoms with van der Waals surface area (Å²) in [6.45, 7) is 2.46. The van der Waals surface area contributed by atoms with Gasteiger partial charge in [-0.3, -0.25) is 9.52 Å². The fraction of sp³-hybridized carbons (Fsp3) is 0.174. The van der Waals surface area contributed by atoms with Crippen LogP contribution < -0.4 is 9.62 Å². The first kappa shape index (κ1) is 20.1. The molecule has 0 saturated carbocycles. The Morgan fingerprint density at radius 1 is 1.00 bits per heavy atom. The van der Waals surface area contributed by atoms with Crippen LogP contribution in [0.1, 0.15) is 27.9 Å². The van der Waals surface area contributed by atoms with Gasteiger partial charge in [-0.1, -0.05) is 17.7 Å². The monoisotopic (exact) mass is 424 g/mol. The van der Waals surface area contributed by atoms with Crippen LogP contribution in [0.5, 0.6) is 0 Å². The molecule has 154 valence electrons. The van der Waals surface area contributed by atoms with Crippen LogP contribution in [0.15, 0.2) is 71.6 Å². The molecular weight excluding hydrogens is 403 g/mol. The van der Waals surface area contributed by atoms with Crippen LogP contribution in [0.25, 0.3) is 0 Å². The number of anilines is 2. The Hall–Kier alpha value is -3.19. The summed E-state index contributed by atoms with van der Waals surface area (Å²) in [6, 6.07) is 17.3. The number of rotatable bonds is 4. The molecule has 5 nitrogen and oxygen atoms in total. The van der Waals surface area contributed by atoms with Gasteiger partial charge in [-0.15, -0.1) is 0 Å². The van der Waals surface area contributed by atoms with Crippen molar-refractivity contribution < 1.29 is 17.6 Å². The van der Waals surface area contributed by atoms with Gasteiger partial charge in [0, 0.05) is 23.5 Å². The van der Waals surface area contributed by atoms with Gasteiger partial charge >= 0.3 is 0 Å². The van der Waals surface area contributed by atoms with Gasteiger partial charge in [-0.2, -0.15) is 0 Å². The van der Waals surface area contributed by atoms with Crippen molar-refractivity contribution in [2.75, 3.05) is 16.2 Å². The van der Waals surface area contributed by atoms with Crippen molar-refractivity contribution in [3.63, 3.8) is 0 Å². The highest BCUT2D eigenvalue weighted by Crippen LogP contribution is 2.31. The van der Waals surface area contributed by atoms with E-state index in [0.29, 0.717) is 29.9 Å². The smallest absolute Gasteiger partial charge is 0.261 e. The molecule has 1 aliphatic heterocycles. The van der Waals surface area contributed by atoms with Gasteiger partial charge in [-0.25, -0.2) is 12.8 Å². The number of nitrogens with one attached hydrogen (secondary N) is 1. The molecular formula is C23H21FN2O3S. The summed E-state index contributed by atoms with van der Waals surface area (Å²) >= 11 is 0. The van der Waals surface area contributed by atoms with E-state index in [1.165, 1.54) is 30.3 Å². The second-order valence-corrected chi connectivity index (χ2v) is 9.01. The zero-order valence-electron chi connectivity index (χ0n) is 16.4. The van der Waals surface area contributed by atoms with E-state index in [4.69, 9.17) is 0 Å². The quantitative estimate of drug-likeness (QED) is 0.669. The van der Waals surface area contributed by atoms with Crippen molar-refractivity contribution in [1.29, 1.82) is 0 Å². The van der Waals surface area contributed by atoms with Gasteiger partial charge in [0.1, 0.15) is 5.82 Å². The molecule has 7 heteroatoms. The number of nitrogens with zero attached hydrogens (tertiary/aromatic N) is 1. The van der Waals surface area contributed by atoms with Crippen molar-refractivity contribution in [2.24, 2.45) is 0 Å². The van der Waals surface area contributed by atoms with Crippen molar-refractivity contribution in [2.45, 2.75) is 24.7 Å². The van der Waals surface area contributed by atoms with E-state index >= 15 is 0 Å². The second kappa shape index (κ2) is 7.91. The standard InChI is InChI=1S/C23H21FN2O3S/c1-16-4-10-20(11-5-16)25-30(28,29)21-12-13-22-18(15-21)3-2-14-26(22)23(27)17-6-8-19(24)9-7-17/h4-13,15,25H,2-3,14H2,1H3. The summed E-state index contributed by atoms with van der Waals surface area (Å²) in [5.41, 5.74) is 3.40. The number of aryl methyl sites for hydroxylation is 2. The Morgan fingerprint density at radius 3 is 2.40 bits per heavy atom. The Bertz CT molecular complexity index is 1190. The zero-order valence-corrected chi connectivity index (χ0v) is 17.2. The van der Waals surface area contributed by atoms with Crippen molar-refractivity contribution in [3.05, 3.63) is 89.2 Å². The molecule has 0 atom stereocenters. The molecule has 1 N–H and O–H groups in total. The normalized spacial score (nSPS) is 13.6. The second-order valence-electron chi connectivity index (χ2n) is 7.33. The Kier molecular flexibility index (Phi) is 5.30. The number of carbonyl (C=O) groups is 1. The number of carbonyl (C=O) groups excluding carboxylic acids is 1. The van der Waals surface area contributed by atoms with Gasteiger partial charge < -0.3 is 4.90 Å². The highest BCUT2D eigenvalue weighted by Gasteiger charge is 2.25. The molecule has 0 aromatic heterocycles. The SMILES string of the molecule is Cc1ccc(NS(=O)(=O)c2ccc3c(c2)CCCN3C(=O)c2ccc(F)cc2)cc1. The molecule has 0 fully saturated rings. The van der Waals surface area contributed by atoms with Crippen LogP contribution in [0, 0.1) is 12.7 Å². The Morgan fingerprint density at radius 2 is 1.70 bits per heavy atom. The van der Waals surface area contributed by atoms with E-state index in [1.54, 1.807) is 29.2 Å². The topological polar surface area (TPSA) is 66.5 Å². The average Bonchev–Trinajstić information content (AvgIpc) is 2.74. The predicted molar refractivity (Wildman–Crippen MR) is 115 cm³/mol. The van der Waals surface area contributed by atoms with E-state index in [2.05, 4.69) is 4.72 Å². The molecule has 1 heterocycles. The van der Waals surface area contributed by atoms with Crippen molar-refractivity contribution in [3.8, 4) is 0 Å². The van der Waals surface area contributed by atoms with Crippen LogP contribution in [-0.4, -0.2) is 20.9 Å². The minimum absolute atomic E-state index is 0.151. The fourth-order valence-electron chi connectivity index (χ4n) is 3.54. The maximum Gasteiger partial charge on any atom is 0.261 e. The van der Waals surface area contributed by atoms with Gasteiger partial charge in [-0.05, 0) is 79.9 Å². The molecule has 0 unspecified atom stereocenters. The van der Waals surface area contributed by atoms with Crippen LogP contribution in [0.2, 0.25) is 0 Å². The maximum absolute atomic E-state index is 13.2. The number of hydrogen-bond donors (Lipinski definition) is 1. The fourth-order valence-corrected chi connectivity index (χ4v) is 4.64. The molecule has 0 saturated heterocycles. The zero-order chi connectivity index (χ0) is 21.3. The van der Waals surface area contributed by atoms with E-state index in [0.717, 1.165) is 17.5 Å². The number of benzene rings is 3.